The van der Waals surface area contributed by atoms with Crippen LogP contribution in [0.25, 0.3) is 0 Å². The molecule has 0 fully saturated rings. The lowest BCUT2D eigenvalue weighted by atomic mass is 9.99. The van der Waals surface area contributed by atoms with Gasteiger partial charge in [0.05, 0.1) is 5.60 Å². The number of methoxy groups -OCH3 is 1. The quantitative estimate of drug-likeness (QED) is 0.846. The molecule has 0 aliphatic heterocycles. The summed E-state index contributed by atoms with van der Waals surface area (Å²) in [5, 5.41) is 3.47. The average molecular weight is 235 g/mol. The molecule has 0 heterocycles. The predicted octanol–water partition coefficient (Wildman–Crippen LogP) is 3.13. The Kier molecular flexibility index (Phi) is 4.72. The van der Waals surface area contributed by atoms with Crippen molar-refractivity contribution in [3.8, 4) is 0 Å². The first-order valence-corrected chi connectivity index (χ1v) is 6.18. The highest BCUT2D eigenvalue weighted by Crippen LogP contribution is 2.16. The van der Waals surface area contributed by atoms with E-state index in [0.717, 1.165) is 13.1 Å². The minimum absolute atomic E-state index is 0.105. The summed E-state index contributed by atoms with van der Waals surface area (Å²) in [4.78, 5) is 0. The molecular weight excluding hydrogens is 210 g/mol. The monoisotopic (exact) mass is 235 g/mol. The van der Waals surface area contributed by atoms with Gasteiger partial charge in [0.15, 0.2) is 0 Å². The van der Waals surface area contributed by atoms with Crippen LogP contribution < -0.4 is 5.32 Å². The molecule has 1 N–H and O–H groups in total. The first kappa shape index (κ1) is 14.2. The zero-order valence-corrected chi connectivity index (χ0v) is 12.0. The van der Waals surface area contributed by atoms with E-state index >= 15 is 0 Å². The highest BCUT2D eigenvalue weighted by atomic mass is 16.5. The molecule has 0 spiro atoms. The van der Waals surface area contributed by atoms with Gasteiger partial charge >= 0.3 is 0 Å². The van der Waals surface area contributed by atoms with Crippen LogP contribution in [-0.4, -0.2) is 19.3 Å². The highest BCUT2D eigenvalue weighted by Gasteiger charge is 2.15. The lowest BCUT2D eigenvalue weighted by Gasteiger charge is -2.24. The van der Waals surface area contributed by atoms with Crippen molar-refractivity contribution < 1.29 is 4.74 Å². The van der Waals surface area contributed by atoms with Gasteiger partial charge in [-0.15, -0.1) is 0 Å². The number of aryl methyl sites for hydroxylation is 3. The molecule has 0 aliphatic rings. The van der Waals surface area contributed by atoms with Gasteiger partial charge in [0, 0.05) is 20.2 Å². The maximum Gasteiger partial charge on any atom is 0.0746 e. The van der Waals surface area contributed by atoms with Gasteiger partial charge in [-0.1, -0.05) is 17.7 Å². The molecule has 0 aliphatic carbocycles. The molecule has 2 nitrogen and oxygen atoms in total. The third-order valence-corrected chi connectivity index (χ3v) is 3.25. The van der Waals surface area contributed by atoms with Gasteiger partial charge < -0.3 is 10.1 Å². The van der Waals surface area contributed by atoms with Crippen molar-refractivity contribution in [2.45, 2.75) is 46.8 Å². The van der Waals surface area contributed by atoms with Crippen LogP contribution in [0.4, 0.5) is 0 Å². The zero-order valence-electron chi connectivity index (χ0n) is 12.0. The first-order chi connectivity index (χ1) is 7.85. The zero-order chi connectivity index (χ0) is 13.1. The van der Waals surface area contributed by atoms with Crippen LogP contribution >= 0.6 is 0 Å². The third-order valence-electron chi connectivity index (χ3n) is 3.25. The maximum atomic E-state index is 5.39. The van der Waals surface area contributed by atoms with E-state index in [9.17, 15) is 0 Å². The van der Waals surface area contributed by atoms with Crippen LogP contribution in [0.3, 0.4) is 0 Å². The van der Waals surface area contributed by atoms with Crippen molar-refractivity contribution in [3.05, 3.63) is 34.4 Å². The van der Waals surface area contributed by atoms with E-state index in [0.29, 0.717) is 0 Å². The standard InChI is InChI=1S/C15H25NO/c1-11-7-12(2)14(13(3)8-11)9-16-10-15(4,5)17-6/h7-8,16H,9-10H2,1-6H3. The number of hydrogen-bond acceptors (Lipinski definition) is 2. The third kappa shape index (κ3) is 4.14. The normalized spacial score (nSPS) is 11.9. The molecule has 2 heteroatoms. The van der Waals surface area contributed by atoms with Crippen molar-refractivity contribution in [2.75, 3.05) is 13.7 Å². The SMILES string of the molecule is COC(C)(C)CNCc1c(C)cc(C)cc1C. The Morgan fingerprint density at radius 1 is 1.12 bits per heavy atom. The molecular formula is C15H25NO. The van der Waals surface area contributed by atoms with Gasteiger partial charge in [-0.2, -0.15) is 0 Å². The Balaban J connectivity index is 2.64. The predicted molar refractivity (Wildman–Crippen MR) is 73.4 cm³/mol. The van der Waals surface area contributed by atoms with Gasteiger partial charge in [0.1, 0.15) is 0 Å². The fourth-order valence-corrected chi connectivity index (χ4v) is 2.05. The van der Waals surface area contributed by atoms with Crippen LogP contribution in [0.1, 0.15) is 36.1 Å². The number of ether oxygens (including phenoxy) is 1. The molecule has 17 heavy (non-hydrogen) atoms. The lowest BCUT2D eigenvalue weighted by Crippen LogP contribution is -2.36. The molecule has 96 valence electrons. The Bertz CT molecular complexity index is 360. The van der Waals surface area contributed by atoms with Gasteiger partial charge in [-0.05, 0) is 51.3 Å². The molecule has 0 aromatic heterocycles. The van der Waals surface area contributed by atoms with E-state index in [1.54, 1.807) is 7.11 Å². The minimum atomic E-state index is -0.105. The Morgan fingerprint density at radius 3 is 2.12 bits per heavy atom. The molecule has 1 aromatic rings. The van der Waals surface area contributed by atoms with Crippen molar-refractivity contribution in [2.24, 2.45) is 0 Å². The molecule has 1 rings (SSSR count). The lowest BCUT2D eigenvalue weighted by molar-refractivity contribution is 0.0230. The minimum Gasteiger partial charge on any atom is -0.377 e. The van der Waals surface area contributed by atoms with E-state index in [4.69, 9.17) is 4.74 Å². The van der Waals surface area contributed by atoms with Gasteiger partial charge in [-0.3, -0.25) is 0 Å². The molecule has 0 unspecified atom stereocenters. The van der Waals surface area contributed by atoms with Gasteiger partial charge in [0.2, 0.25) is 0 Å². The van der Waals surface area contributed by atoms with E-state index in [-0.39, 0.29) is 5.60 Å². The summed E-state index contributed by atoms with van der Waals surface area (Å²) in [6.45, 7) is 12.5. The highest BCUT2D eigenvalue weighted by molar-refractivity contribution is 5.37. The summed E-state index contributed by atoms with van der Waals surface area (Å²) in [6.07, 6.45) is 0. The number of nitrogens with one attached hydrogen (secondary N) is 1. The van der Waals surface area contributed by atoms with Crippen molar-refractivity contribution in [1.82, 2.24) is 5.32 Å². The Morgan fingerprint density at radius 2 is 1.65 bits per heavy atom. The number of rotatable bonds is 5. The molecule has 0 saturated carbocycles. The van der Waals surface area contributed by atoms with Crippen LogP contribution in [-0.2, 0) is 11.3 Å². The summed E-state index contributed by atoms with van der Waals surface area (Å²) in [5.41, 5.74) is 5.37. The average Bonchev–Trinajstić information content (AvgIpc) is 2.22. The second kappa shape index (κ2) is 5.65. The van der Waals surface area contributed by atoms with Gasteiger partial charge in [0.25, 0.3) is 0 Å². The van der Waals surface area contributed by atoms with Crippen LogP contribution in [0.15, 0.2) is 12.1 Å². The maximum absolute atomic E-state index is 5.39. The van der Waals surface area contributed by atoms with E-state index < -0.39 is 0 Å². The fourth-order valence-electron chi connectivity index (χ4n) is 2.05. The van der Waals surface area contributed by atoms with Crippen molar-refractivity contribution in [3.63, 3.8) is 0 Å². The summed E-state index contributed by atoms with van der Waals surface area (Å²) < 4.78 is 5.39. The molecule has 1 aromatic carbocycles. The van der Waals surface area contributed by atoms with E-state index in [1.165, 1.54) is 22.3 Å². The second-order valence-corrected chi connectivity index (χ2v) is 5.44. The van der Waals surface area contributed by atoms with Crippen LogP contribution in [0, 0.1) is 20.8 Å². The largest absolute Gasteiger partial charge is 0.377 e. The number of hydrogen-bond donors (Lipinski definition) is 1. The first-order valence-electron chi connectivity index (χ1n) is 6.18. The smallest absolute Gasteiger partial charge is 0.0746 e. The Labute approximate surface area is 105 Å². The van der Waals surface area contributed by atoms with Crippen molar-refractivity contribution in [1.29, 1.82) is 0 Å². The summed E-state index contributed by atoms with van der Waals surface area (Å²) >= 11 is 0. The topological polar surface area (TPSA) is 21.3 Å². The molecule has 0 atom stereocenters. The summed E-state index contributed by atoms with van der Waals surface area (Å²) in [7, 11) is 1.75. The Hall–Kier alpha value is -0.860. The molecule has 0 saturated heterocycles. The van der Waals surface area contributed by atoms with Gasteiger partial charge in [-0.25, -0.2) is 0 Å². The summed E-state index contributed by atoms with van der Waals surface area (Å²) in [6, 6.07) is 4.48. The van der Waals surface area contributed by atoms with E-state index in [1.807, 2.05) is 0 Å². The molecule has 0 amide bonds. The van der Waals surface area contributed by atoms with E-state index in [2.05, 4.69) is 52.1 Å². The molecule has 0 bridgehead atoms. The number of benzene rings is 1. The van der Waals surface area contributed by atoms with Crippen molar-refractivity contribution >= 4 is 0 Å². The molecule has 0 radical (unpaired) electrons. The van der Waals surface area contributed by atoms with Crippen LogP contribution in [0.2, 0.25) is 0 Å². The van der Waals surface area contributed by atoms with Crippen LogP contribution in [0.5, 0.6) is 0 Å². The second-order valence-electron chi connectivity index (χ2n) is 5.44. The summed E-state index contributed by atoms with van der Waals surface area (Å²) in [5.74, 6) is 0. The fraction of sp³-hybridized carbons (Fsp3) is 0.600.